The predicted octanol–water partition coefficient (Wildman–Crippen LogP) is 1.94. The van der Waals surface area contributed by atoms with Crippen LogP contribution < -0.4 is 0 Å². The van der Waals surface area contributed by atoms with Crippen molar-refractivity contribution >= 4 is 5.78 Å². The molecule has 0 aromatic rings. The molecule has 0 spiro atoms. The van der Waals surface area contributed by atoms with E-state index in [0.29, 0.717) is 6.42 Å². The molecule has 0 aliphatic rings. The largest absolute Gasteiger partial charge is 0.295 e. The SMILES string of the molecule is CC#CC=CC(=O)CCC. The highest BCUT2D eigenvalue weighted by atomic mass is 16.1. The number of hydrogen-bond donors (Lipinski definition) is 0. The molecule has 0 bridgehead atoms. The molecule has 0 aromatic heterocycles. The van der Waals surface area contributed by atoms with E-state index in [9.17, 15) is 4.79 Å². The van der Waals surface area contributed by atoms with Gasteiger partial charge >= 0.3 is 0 Å². The molecule has 0 rings (SSSR count). The van der Waals surface area contributed by atoms with Crippen molar-refractivity contribution in [1.29, 1.82) is 0 Å². The Labute approximate surface area is 62.1 Å². The van der Waals surface area contributed by atoms with Crippen molar-refractivity contribution in [3.8, 4) is 11.8 Å². The summed E-state index contributed by atoms with van der Waals surface area (Å²) in [6.07, 6.45) is 4.66. The normalized spacial score (nSPS) is 9.00. The van der Waals surface area contributed by atoms with Gasteiger partial charge in [0.2, 0.25) is 0 Å². The Kier molecular flexibility index (Phi) is 5.47. The minimum Gasteiger partial charge on any atom is -0.295 e. The van der Waals surface area contributed by atoms with Crippen LogP contribution in [0.1, 0.15) is 26.7 Å². The fourth-order valence-electron chi connectivity index (χ4n) is 0.548. The van der Waals surface area contributed by atoms with Crippen molar-refractivity contribution in [2.75, 3.05) is 0 Å². The van der Waals surface area contributed by atoms with E-state index in [4.69, 9.17) is 0 Å². The Balaban J connectivity index is 3.63. The summed E-state index contributed by atoms with van der Waals surface area (Å²) >= 11 is 0. The molecule has 0 aliphatic carbocycles. The van der Waals surface area contributed by atoms with Gasteiger partial charge in [-0.25, -0.2) is 0 Å². The maximum absolute atomic E-state index is 10.8. The molecule has 0 saturated carbocycles. The highest BCUT2D eigenvalue weighted by Gasteiger charge is 1.89. The molecule has 0 fully saturated rings. The predicted molar refractivity (Wildman–Crippen MR) is 42.5 cm³/mol. The third kappa shape index (κ3) is 5.11. The van der Waals surface area contributed by atoms with Gasteiger partial charge in [-0.3, -0.25) is 4.79 Å². The summed E-state index contributed by atoms with van der Waals surface area (Å²) in [6.45, 7) is 3.73. The van der Waals surface area contributed by atoms with Gasteiger partial charge in [0.05, 0.1) is 0 Å². The quantitative estimate of drug-likeness (QED) is 0.428. The highest BCUT2D eigenvalue weighted by molar-refractivity contribution is 5.89. The molecule has 0 aromatic carbocycles. The molecular formula is C9H12O. The zero-order valence-electron chi connectivity index (χ0n) is 6.48. The monoisotopic (exact) mass is 136 g/mol. The minimum atomic E-state index is 0.158. The summed E-state index contributed by atoms with van der Waals surface area (Å²) in [5.41, 5.74) is 0. The number of carbonyl (C=O) groups is 1. The second-order valence-electron chi connectivity index (χ2n) is 1.94. The van der Waals surface area contributed by atoms with E-state index in [0.717, 1.165) is 6.42 Å². The van der Waals surface area contributed by atoms with Crippen LogP contribution in [0.25, 0.3) is 0 Å². The molecule has 0 aliphatic heterocycles. The van der Waals surface area contributed by atoms with Gasteiger partial charge in [0.1, 0.15) is 0 Å². The van der Waals surface area contributed by atoms with Crippen LogP contribution in [0.4, 0.5) is 0 Å². The van der Waals surface area contributed by atoms with Gasteiger partial charge in [0, 0.05) is 6.42 Å². The van der Waals surface area contributed by atoms with Crippen LogP contribution in [0.15, 0.2) is 12.2 Å². The van der Waals surface area contributed by atoms with Crippen molar-refractivity contribution < 1.29 is 4.79 Å². The summed E-state index contributed by atoms with van der Waals surface area (Å²) in [5, 5.41) is 0. The lowest BCUT2D eigenvalue weighted by Gasteiger charge is -1.84. The van der Waals surface area contributed by atoms with Crippen molar-refractivity contribution in [2.24, 2.45) is 0 Å². The van der Waals surface area contributed by atoms with Crippen LogP contribution >= 0.6 is 0 Å². The fraction of sp³-hybridized carbons (Fsp3) is 0.444. The van der Waals surface area contributed by atoms with E-state index in [2.05, 4.69) is 11.8 Å². The smallest absolute Gasteiger partial charge is 0.156 e. The first kappa shape index (κ1) is 8.97. The molecule has 54 valence electrons. The lowest BCUT2D eigenvalue weighted by Crippen LogP contribution is -1.88. The molecule has 0 heterocycles. The maximum Gasteiger partial charge on any atom is 0.156 e. The Hall–Kier alpha value is -1.03. The summed E-state index contributed by atoms with van der Waals surface area (Å²) in [6, 6.07) is 0. The molecule has 1 nitrogen and oxygen atoms in total. The molecule has 0 atom stereocenters. The van der Waals surface area contributed by atoms with E-state index in [-0.39, 0.29) is 5.78 Å². The van der Waals surface area contributed by atoms with Crippen molar-refractivity contribution in [1.82, 2.24) is 0 Å². The van der Waals surface area contributed by atoms with Crippen molar-refractivity contribution in [3.05, 3.63) is 12.2 Å². The number of hydrogen-bond acceptors (Lipinski definition) is 1. The van der Waals surface area contributed by atoms with Crippen LogP contribution in [0, 0.1) is 11.8 Å². The summed E-state index contributed by atoms with van der Waals surface area (Å²) in [4.78, 5) is 10.8. The Morgan fingerprint density at radius 3 is 2.80 bits per heavy atom. The number of allylic oxidation sites excluding steroid dienone is 2. The van der Waals surface area contributed by atoms with Crippen LogP contribution in [-0.4, -0.2) is 5.78 Å². The first-order valence-corrected chi connectivity index (χ1v) is 3.43. The van der Waals surface area contributed by atoms with Gasteiger partial charge in [0.25, 0.3) is 0 Å². The van der Waals surface area contributed by atoms with Crippen LogP contribution in [0.3, 0.4) is 0 Å². The molecule has 0 amide bonds. The van der Waals surface area contributed by atoms with Crippen LogP contribution in [-0.2, 0) is 4.79 Å². The number of carbonyl (C=O) groups excluding carboxylic acids is 1. The average Bonchev–Trinajstić information content (AvgIpc) is 1.89. The van der Waals surface area contributed by atoms with Gasteiger partial charge in [-0.05, 0) is 25.5 Å². The van der Waals surface area contributed by atoms with E-state index in [1.54, 1.807) is 13.0 Å². The van der Waals surface area contributed by atoms with E-state index in [1.807, 2.05) is 6.92 Å². The Bertz CT molecular complexity index is 179. The van der Waals surface area contributed by atoms with E-state index >= 15 is 0 Å². The average molecular weight is 136 g/mol. The molecular weight excluding hydrogens is 124 g/mol. The van der Waals surface area contributed by atoms with Crippen LogP contribution in [0.5, 0.6) is 0 Å². The minimum absolute atomic E-state index is 0.158. The Morgan fingerprint density at radius 1 is 1.60 bits per heavy atom. The summed E-state index contributed by atoms with van der Waals surface area (Å²) < 4.78 is 0. The lowest BCUT2D eigenvalue weighted by atomic mass is 10.2. The van der Waals surface area contributed by atoms with Crippen molar-refractivity contribution in [2.45, 2.75) is 26.7 Å². The molecule has 0 radical (unpaired) electrons. The van der Waals surface area contributed by atoms with Gasteiger partial charge in [-0.2, -0.15) is 0 Å². The summed E-state index contributed by atoms with van der Waals surface area (Å²) in [7, 11) is 0. The van der Waals surface area contributed by atoms with Crippen molar-refractivity contribution in [3.63, 3.8) is 0 Å². The molecule has 0 N–H and O–H groups in total. The highest BCUT2D eigenvalue weighted by Crippen LogP contribution is 1.89. The van der Waals surface area contributed by atoms with E-state index in [1.165, 1.54) is 6.08 Å². The van der Waals surface area contributed by atoms with Gasteiger partial charge in [0.15, 0.2) is 5.78 Å². The van der Waals surface area contributed by atoms with Gasteiger partial charge in [-0.1, -0.05) is 12.8 Å². The summed E-state index contributed by atoms with van der Waals surface area (Å²) in [5.74, 6) is 5.52. The topological polar surface area (TPSA) is 17.1 Å². The molecule has 0 unspecified atom stereocenters. The standard InChI is InChI=1S/C9H12O/c1-3-5-6-8-9(10)7-4-2/h6,8H,4,7H2,1-2H3. The third-order valence-electron chi connectivity index (χ3n) is 0.993. The second kappa shape index (κ2) is 6.10. The lowest BCUT2D eigenvalue weighted by molar-refractivity contribution is -0.114. The second-order valence-corrected chi connectivity index (χ2v) is 1.94. The number of rotatable bonds is 3. The fourth-order valence-corrected chi connectivity index (χ4v) is 0.548. The molecule has 10 heavy (non-hydrogen) atoms. The molecule has 0 saturated heterocycles. The van der Waals surface area contributed by atoms with E-state index < -0.39 is 0 Å². The maximum atomic E-state index is 10.8. The third-order valence-corrected chi connectivity index (χ3v) is 0.993. The zero-order valence-corrected chi connectivity index (χ0v) is 6.48. The Morgan fingerprint density at radius 2 is 2.30 bits per heavy atom. The van der Waals surface area contributed by atoms with Crippen LogP contribution in [0.2, 0.25) is 0 Å². The zero-order chi connectivity index (χ0) is 7.82. The first-order valence-electron chi connectivity index (χ1n) is 3.43. The molecule has 1 heteroatoms. The van der Waals surface area contributed by atoms with Gasteiger partial charge in [-0.15, -0.1) is 5.92 Å². The first-order chi connectivity index (χ1) is 4.81. The number of ketones is 1. The van der Waals surface area contributed by atoms with Gasteiger partial charge < -0.3 is 0 Å².